The van der Waals surface area contributed by atoms with Gasteiger partial charge in [0.15, 0.2) is 0 Å². The maximum absolute atomic E-state index is 13.1. The summed E-state index contributed by atoms with van der Waals surface area (Å²) < 4.78 is 11.3. The molecular weight excluding hydrogens is 412 g/mol. The highest BCUT2D eigenvalue weighted by Crippen LogP contribution is 2.36. The van der Waals surface area contributed by atoms with Crippen LogP contribution in [0, 0.1) is 0 Å². The van der Waals surface area contributed by atoms with Gasteiger partial charge in [0.05, 0.1) is 25.8 Å². The van der Waals surface area contributed by atoms with Gasteiger partial charge in [0.25, 0.3) is 0 Å². The Hall–Kier alpha value is -3.15. The first-order valence-corrected chi connectivity index (χ1v) is 11.6. The van der Waals surface area contributed by atoms with Crippen LogP contribution in [-0.4, -0.2) is 61.2 Å². The molecule has 2 atom stereocenters. The lowest BCUT2D eigenvalue weighted by molar-refractivity contribution is -0.159. The Labute approximate surface area is 195 Å². The van der Waals surface area contributed by atoms with E-state index in [1.165, 1.54) is 11.1 Å². The molecule has 5 nitrogen and oxygen atoms in total. The molecule has 5 rings (SSSR count). The molecule has 33 heavy (non-hydrogen) atoms. The summed E-state index contributed by atoms with van der Waals surface area (Å²) >= 11 is 0. The summed E-state index contributed by atoms with van der Waals surface area (Å²) in [5.41, 5.74) is 3.61. The van der Waals surface area contributed by atoms with Crippen molar-refractivity contribution in [3.63, 3.8) is 0 Å². The Balaban J connectivity index is 1.53. The number of nitrogens with zero attached hydrogens (tertiary/aromatic N) is 2. The number of carbonyl (C=O) groups excluding carboxylic acids is 1. The second-order valence-electron chi connectivity index (χ2n) is 8.84. The molecule has 3 aromatic carbocycles. The fraction of sp³-hybridized carbons (Fsp3) is 0.321. The second-order valence-corrected chi connectivity index (χ2v) is 8.84. The van der Waals surface area contributed by atoms with Gasteiger partial charge in [0, 0.05) is 31.1 Å². The number of para-hydroxylation sites is 1. The number of carbonyl (C=O) groups is 1. The number of piperazine rings is 1. The maximum atomic E-state index is 13.1. The largest absolute Gasteiger partial charge is 0.496 e. The van der Waals surface area contributed by atoms with E-state index in [0.29, 0.717) is 6.61 Å². The fourth-order valence-corrected chi connectivity index (χ4v) is 5.39. The zero-order valence-corrected chi connectivity index (χ0v) is 19.0. The number of amides is 1. The molecule has 0 aromatic heterocycles. The lowest BCUT2D eigenvalue weighted by Gasteiger charge is -2.51. The predicted molar refractivity (Wildman–Crippen MR) is 128 cm³/mol. The number of hydrogen-bond acceptors (Lipinski definition) is 4. The van der Waals surface area contributed by atoms with Crippen LogP contribution in [0.1, 0.15) is 22.6 Å². The van der Waals surface area contributed by atoms with E-state index in [1.54, 1.807) is 7.11 Å². The van der Waals surface area contributed by atoms with Crippen molar-refractivity contribution >= 4 is 5.91 Å². The van der Waals surface area contributed by atoms with E-state index in [0.717, 1.165) is 30.9 Å². The van der Waals surface area contributed by atoms with Crippen molar-refractivity contribution in [3.8, 4) is 5.75 Å². The molecule has 1 amide bonds. The molecule has 2 heterocycles. The van der Waals surface area contributed by atoms with Crippen molar-refractivity contribution in [2.24, 2.45) is 0 Å². The molecule has 0 bridgehead atoms. The predicted octanol–water partition coefficient (Wildman–Crippen LogP) is 3.94. The minimum Gasteiger partial charge on any atom is -0.496 e. The second kappa shape index (κ2) is 9.77. The monoisotopic (exact) mass is 442 g/mol. The van der Waals surface area contributed by atoms with Gasteiger partial charge in [0.2, 0.25) is 5.91 Å². The summed E-state index contributed by atoms with van der Waals surface area (Å²) in [4.78, 5) is 17.7. The molecule has 0 aliphatic carbocycles. The average molecular weight is 443 g/mol. The Morgan fingerprint density at radius 3 is 2.21 bits per heavy atom. The molecule has 5 heteroatoms. The van der Waals surface area contributed by atoms with Crippen LogP contribution in [0.15, 0.2) is 84.9 Å². The summed E-state index contributed by atoms with van der Waals surface area (Å²) in [6.45, 7) is 3.08. The smallest absolute Gasteiger partial charge is 0.249 e. The summed E-state index contributed by atoms with van der Waals surface area (Å²) in [5, 5.41) is 0. The first-order valence-electron chi connectivity index (χ1n) is 11.6. The summed E-state index contributed by atoms with van der Waals surface area (Å²) in [7, 11) is 1.72. The highest BCUT2D eigenvalue weighted by Gasteiger charge is 2.44. The van der Waals surface area contributed by atoms with Crippen molar-refractivity contribution in [1.82, 2.24) is 9.80 Å². The molecule has 2 aliphatic heterocycles. The molecule has 3 aromatic rings. The van der Waals surface area contributed by atoms with Crippen molar-refractivity contribution < 1.29 is 14.3 Å². The normalized spacial score (nSPS) is 21.2. The van der Waals surface area contributed by atoms with E-state index in [9.17, 15) is 4.79 Å². The molecule has 0 spiro atoms. The lowest BCUT2D eigenvalue weighted by atomic mass is 9.82. The van der Waals surface area contributed by atoms with E-state index in [-0.39, 0.29) is 30.5 Å². The van der Waals surface area contributed by atoms with Crippen molar-refractivity contribution in [2.45, 2.75) is 24.5 Å². The van der Waals surface area contributed by atoms with Gasteiger partial charge in [-0.1, -0.05) is 78.9 Å². The lowest BCUT2D eigenvalue weighted by Crippen LogP contribution is -2.66. The average Bonchev–Trinajstić information content (AvgIpc) is 2.86. The van der Waals surface area contributed by atoms with Gasteiger partial charge in [-0.2, -0.15) is 0 Å². The number of morpholine rings is 1. The summed E-state index contributed by atoms with van der Waals surface area (Å²) in [6, 6.07) is 29.4. The zero-order valence-electron chi connectivity index (χ0n) is 19.0. The SMILES string of the molecule is COc1ccccc1CN1CC(C(c2ccccc2)c2ccccc2)N2C(=O)COC[C@H]2C1. The first kappa shape index (κ1) is 21.7. The molecule has 2 fully saturated rings. The van der Waals surface area contributed by atoms with Crippen molar-refractivity contribution in [2.75, 3.05) is 33.4 Å². The van der Waals surface area contributed by atoms with Crippen LogP contribution in [0.4, 0.5) is 0 Å². The van der Waals surface area contributed by atoms with Gasteiger partial charge in [-0.3, -0.25) is 9.69 Å². The maximum Gasteiger partial charge on any atom is 0.249 e. The third kappa shape index (κ3) is 4.52. The van der Waals surface area contributed by atoms with Gasteiger partial charge >= 0.3 is 0 Å². The van der Waals surface area contributed by atoms with Crippen LogP contribution in [0.2, 0.25) is 0 Å². The van der Waals surface area contributed by atoms with E-state index in [4.69, 9.17) is 9.47 Å². The number of benzene rings is 3. The number of hydrogen-bond donors (Lipinski definition) is 0. The third-order valence-electron chi connectivity index (χ3n) is 6.78. The van der Waals surface area contributed by atoms with Crippen LogP contribution in [0.3, 0.4) is 0 Å². The van der Waals surface area contributed by atoms with Crippen LogP contribution in [-0.2, 0) is 16.1 Å². The Kier molecular flexibility index (Phi) is 6.42. The van der Waals surface area contributed by atoms with Crippen LogP contribution in [0.25, 0.3) is 0 Å². The van der Waals surface area contributed by atoms with Crippen LogP contribution in [0.5, 0.6) is 5.75 Å². The number of rotatable bonds is 6. The van der Waals surface area contributed by atoms with Gasteiger partial charge in [-0.15, -0.1) is 0 Å². The third-order valence-corrected chi connectivity index (χ3v) is 6.78. The highest BCUT2D eigenvalue weighted by molar-refractivity contribution is 5.79. The minimum atomic E-state index is 0.0136. The number of methoxy groups -OCH3 is 1. The topological polar surface area (TPSA) is 42.0 Å². The molecule has 2 aliphatic rings. The van der Waals surface area contributed by atoms with Crippen molar-refractivity contribution in [3.05, 3.63) is 102 Å². The fourth-order valence-electron chi connectivity index (χ4n) is 5.39. The standard InChI is InChI=1S/C28H30N2O3/c1-32-26-15-9-8-14-23(26)16-29-17-24-19-33-20-27(31)30(24)25(18-29)28(21-10-4-2-5-11-21)22-12-6-3-7-13-22/h2-15,24-25,28H,16-20H2,1H3/t24-,25?/m1/s1. The molecule has 0 saturated carbocycles. The minimum absolute atomic E-state index is 0.0136. The van der Waals surface area contributed by atoms with E-state index in [1.807, 2.05) is 24.3 Å². The van der Waals surface area contributed by atoms with Gasteiger partial charge in [-0.25, -0.2) is 0 Å². The van der Waals surface area contributed by atoms with E-state index in [2.05, 4.69) is 70.5 Å². The first-order chi connectivity index (χ1) is 16.2. The van der Waals surface area contributed by atoms with Gasteiger partial charge < -0.3 is 14.4 Å². The molecule has 2 saturated heterocycles. The zero-order chi connectivity index (χ0) is 22.6. The quantitative estimate of drug-likeness (QED) is 0.580. The summed E-state index contributed by atoms with van der Waals surface area (Å²) in [5.74, 6) is 1.07. The summed E-state index contributed by atoms with van der Waals surface area (Å²) in [6.07, 6.45) is 0. The molecule has 0 radical (unpaired) electrons. The van der Waals surface area contributed by atoms with Gasteiger partial charge in [-0.05, 0) is 17.2 Å². The van der Waals surface area contributed by atoms with E-state index < -0.39 is 0 Å². The Morgan fingerprint density at radius 2 is 1.55 bits per heavy atom. The van der Waals surface area contributed by atoms with Gasteiger partial charge in [0.1, 0.15) is 12.4 Å². The Bertz CT molecular complexity index is 1030. The molecule has 170 valence electrons. The Morgan fingerprint density at radius 1 is 0.909 bits per heavy atom. The van der Waals surface area contributed by atoms with Crippen molar-refractivity contribution in [1.29, 1.82) is 0 Å². The highest BCUT2D eigenvalue weighted by atomic mass is 16.5. The molecule has 0 N–H and O–H groups in total. The number of ether oxygens (including phenoxy) is 2. The number of fused-ring (bicyclic) bond motifs is 1. The van der Waals surface area contributed by atoms with Crippen LogP contribution < -0.4 is 4.74 Å². The molecular formula is C28H30N2O3. The molecule has 1 unspecified atom stereocenters. The van der Waals surface area contributed by atoms with Crippen LogP contribution >= 0.6 is 0 Å². The van der Waals surface area contributed by atoms with E-state index >= 15 is 0 Å².